The van der Waals surface area contributed by atoms with Crippen molar-refractivity contribution in [2.75, 3.05) is 0 Å². The molecule has 0 N–H and O–H groups in total. The lowest BCUT2D eigenvalue weighted by molar-refractivity contribution is 1.11. The van der Waals surface area contributed by atoms with Gasteiger partial charge in [0.15, 0.2) is 0 Å². The van der Waals surface area contributed by atoms with Crippen LogP contribution in [0.25, 0.3) is 0 Å². The van der Waals surface area contributed by atoms with Crippen molar-refractivity contribution in [3.8, 4) is 0 Å². The van der Waals surface area contributed by atoms with Gasteiger partial charge in [-0.2, -0.15) is 0 Å². The second kappa shape index (κ2) is 2.24. The maximum atomic E-state index is 5.90. The highest BCUT2D eigenvalue weighted by Gasteiger charge is 2.25. The van der Waals surface area contributed by atoms with Crippen molar-refractivity contribution in [1.29, 1.82) is 0 Å². The Labute approximate surface area is 65.0 Å². The first-order chi connectivity index (χ1) is 4.88. The summed E-state index contributed by atoms with van der Waals surface area (Å²) < 4.78 is 0. The van der Waals surface area contributed by atoms with E-state index >= 15 is 0 Å². The third-order valence-corrected chi connectivity index (χ3v) is 2.14. The summed E-state index contributed by atoms with van der Waals surface area (Å²) in [5, 5.41) is 0.824. The van der Waals surface area contributed by atoms with E-state index in [1.165, 1.54) is 18.4 Å². The summed E-state index contributed by atoms with van der Waals surface area (Å²) in [5.41, 5.74) is 1.27. The molecule has 10 heavy (non-hydrogen) atoms. The molecule has 1 aliphatic carbocycles. The molecule has 2 rings (SSSR count). The van der Waals surface area contributed by atoms with Crippen LogP contribution in [0.2, 0.25) is 5.02 Å². The number of pyridine rings is 1. The predicted octanol–water partition coefficient (Wildman–Crippen LogP) is 2.61. The molecule has 0 bridgehead atoms. The van der Waals surface area contributed by atoms with E-state index < -0.39 is 0 Å². The van der Waals surface area contributed by atoms with E-state index in [1.807, 2.05) is 6.07 Å². The lowest BCUT2D eigenvalue weighted by Crippen LogP contribution is -1.81. The Kier molecular flexibility index (Phi) is 1.38. The highest BCUT2D eigenvalue weighted by atomic mass is 35.5. The van der Waals surface area contributed by atoms with Crippen molar-refractivity contribution in [2.45, 2.75) is 18.8 Å². The molecule has 0 unspecified atom stereocenters. The first-order valence-electron chi connectivity index (χ1n) is 3.47. The second-order valence-corrected chi connectivity index (χ2v) is 3.08. The van der Waals surface area contributed by atoms with Gasteiger partial charge in [-0.3, -0.25) is 4.98 Å². The van der Waals surface area contributed by atoms with Crippen LogP contribution >= 0.6 is 11.6 Å². The molecule has 1 aromatic rings. The van der Waals surface area contributed by atoms with Gasteiger partial charge in [0, 0.05) is 12.4 Å². The summed E-state index contributed by atoms with van der Waals surface area (Å²) >= 11 is 5.90. The molecule has 0 amide bonds. The molecule has 0 saturated heterocycles. The highest BCUT2D eigenvalue weighted by Crippen LogP contribution is 2.42. The lowest BCUT2D eigenvalue weighted by Gasteiger charge is -1.97. The van der Waals surface area contributed by atoms with Gasteiger partial charge >= 0.3 is 0 Å². The average Bonchev–Trinajstić information content (AvgIpc) is 2.71. The van der Waals surface area contributed by atoms with E-state index in [9.17, 15) is 0 Å². The zero-order valence-electron chi connectivity index (χ0n) is 5.55. The molecule has 1 aliphatic rings. The molecule has 1 fully saturated rings. The maximum absolute atomic E-state index is 5.90. The van der Waals surface area contributed by atoms with Gasteiger partial charge < -0.3 is 0 Å². The second-order valence-electron chi connectivity index (χ2n) is 2.67. The zero-order chi connectivity index (χ0) is 6.97. The summed E-state index contributed by atoms with van der Waals surface area (Å²) in [7, 11) is 0. The minimum atomic E-state index is 0.732. The molecule has 1 nitrogen and oxygen atoms in total. The van der Waals surface area contributed by atoms with Crippen molar-refractivity contribution >= 4 is 11.6 Å². The van der Waals surface area contributed by atoms with Crippen LogP contribution in [0.15, 0.2) is 18.5 Å². The number of hydrogen-bond donors (Lipinski definition) is 0. The van der Waals surface area contributed by atoms with Gasteiger partial charge in [0.25, 0.3) is 0 Å². The van der Waals surface area contributed by atoms with Crippen LogP contribution in [-0.4, -0.2) is 4.98 Å². The van der Waals surface area contributed by atoms with Crippen molar-refractivity contribution in [1.82, 2.24) is 4.98 Å². The quantitative estimate of drug-likeness (QED) is 0.605. The monoisotopic (exact) mass is 153 g/mol. The minimum Gasteiger partial charge on any atom is -0.263 e. The van der Waals surface area contributed by atoms with Gasteiger partial charge in [-0.05, 0) is 30.4 Å². The van der Waals surface area contributed by atoms with Gasteiger partial charge in [0.1, 0.15) is 0 Å². The molecule has 0 radical (unpaired) electrons. The summed E-state index contributed by atoms with van der Waals surface area (Å²) in [4.78, 5) is 3.92. The van der Waals surface area contributed by atoms with Crippen molar-refractivity contribution < 1.29 is 0 Å². The molecule has 52 valence electrons. The van der Waals surface area contributed by atoms with Crippen molar-refractivity contribution in [3.63, 3.8) is 0 Å². The average molecular weight is 154 g/mol. The van der Waals surface area contributed by atoms with Crippen LogP contribution in [-0.2, 0) is 0 Å². The predicted molar refractivity (Wildman–Crippen MR) is 41.2 cm³/mol. The molecule has 0 aliphatic heterocycles. The smallest absolute Gasteiger partial charge is 0.0624 e. The normalized spacial score (nSPS) is 17.3. The van der Waals surface area contributed by atoms with Gasteiger partial charge in [-0.15, -0.1) is 0 Å². The van der Waals surface area contributed by atoms with Crippen LogP contribution in [0.3, 0.4) is 0 Å². The van der Waals surface area contributed by atoms with Crippen LogP contribution in [0, 0.1) is 0 Å². The van der Waals surface area contributed by atoms with Gasteiger partial charge in [0.05, 0.1) is 5.02 Å². The Morgan fingerprint density at radius 3 is 2.90 bits per heavy atom. The third kappa shape index (κ3) is 1.01. The first kappa shape index (κ1) is 6.17. The van der Waals surface area contributed by atoms with Crippen LogP contribution in [0.4, 0.5) is 0 Å². The molecule has 1 heterocycles. The standard InChI is InChI=1S/C8H8ClN/c9-8-5-10-4-3-7(8)6-1-2-6/h3-6H,1-2H2. The molecule has 1 saturated carbocycles. The molecular formula is C8H8ClN. The van der Waals surface area contributed by atoms with Gasteiger partial charge in [-0.25, -0.2) is 0 Å². The van der Waals surface area contributed by atoms with Crippen LogP contribution in [0.1, 0.15) is 24.3 Å². The summed E-state index contributed by atoms with van der Waals surface area (Å²) in [6, 6.07) is 2.01. The van der Waals surface area contributed by atoms with Crippen LogP contribution < -0.4 is 0 Å². The fourth-order valence-corrected chi connectivity index (χ4v) is 1.39. The molecule has 0 spiro atoms. The van der Waals surface area contributed by atoms with E-state index in [4.69, 9.17) is 11.6 Å². The van der Waals surface area contributed by atoms with E-state index in [2.05, 4.69) is 4.98 Å². The molecule has 0 atom stereocenters. The minimum absolute atomic E-state index is 0.732. The van der Waals surface area contributed by atoms with Crippen LogP contribution in [0.5, 0.6) is 0 Å². The van der Waals surface area contributed by atoms with E-state index in [0.717, 1.165) is 10.9 Å². The van der Waals surface area contributed by atoms with Gasteiger partial charge in [0.2, 0.25) is 0 Å². The Morgan fingerprint density at radius 2 is 2.30 bits per heavy atom. The van der Waals surface area contributed by atoms with Crippen molar-refractivity contribution in [3.05, 3.63) is 29.0 Å². The Balaban J connectivity index is 2.39. The molecule has 2 heteroatoms. The number of halogens is 1. The molecule has 1 aromatic heterocycles. The summed E-state index contributed by atoms with van der Waals surface area (Å²) in [6.07, 6.45) is 6.11. The van der Waals surface area contributed by atoms with Gasteiger partial charge in [-0.1, -0.05) is 11.6 Å². The SMILES string of the molecule is Clc1cnccc1C1CC1. The molecular weight excluding hydrogens is 146 g/mol. The first-order valence-corrected chi connectivity index (χ1v) is 3.85. The summed E-state index contributed by atoms with van der Waals surface area (Å²) in [6.45, 7) is 0. The Hall–Kier alpha value is -0.560. The number of rotatable bonds is 1. The highest BCUT2D eigenvalue weighted by molar-refractivity contribution is 6.31. The fourth-order valence-electron chi connectivity index (χ4n) is 1.11. The zero-order valence-corrected chi connectivity index (χ0v) is 6.30. The molecule has 0 aromatic carbocycles. The summed E-state index contributed by atoms with van der Waals surface area (Å²) in [5.74, 6) is 0.732. The third-order valence-electron chi connectivity index (χ3n) is 1.82. The van der Waals surface area contributed by atoms with E-state index in [-0.39, 0.29) is 0 Å². The van der Waals surface area contributed by atoms with Crippen molar-refractivity contribution in [2.24, 2.45) is 0 Å². The number of hydrogen-bond acceptors (Lipinski definition) is 1. The number of aromatic nitrogens is 1. The van der Waals surface area contributed by atoms with E-state index in [1.54, 1.807) is 12.4 Å². The number of nitrogens with zero attached hydrogens (tertiary/aromatic N) is 1. The Morgan fingerprint density at radius 1 is 1.50 bits per heavy atom. The fraction of sp³-hybridized carbons (Fsp3) is 0.375. The van der Waals surface area contributed by atoms with E-state index in [0.29, 0.717) is 0 Å². The maximum Gasteiger partial charge on any atom is 0.0624 e. The largest absolute Gasteiger partial charge is 0.263 e. The Bertz CT molecular complexity index is 243. The topological polar surface area (TPSA) is 12.9 Å². The lowest BCUT2D eigenvalue weighted by atomic mass is 10.2.